The van der Waals surface area contributed by atoms with Crippen molar-refractivity contribution in [3.05, 3.63) is 5.89 Å². The van der Waals surface area contributed by atoms with Gasteiger partial charge in [-0.15, -0.1) is 18.3 Å². The van der Waals surface area contributed by atoms with Gasteiger partial charge in [-0.3, -0.25) is 4.74 Å². The van der Waals surface area contributed by atoms with E-state index in [-0.39, 0.29) is 31.2 Å². The Hall–Kier alpha value is -1.43. The fourth-order valence-corrected chi connectivity index (χ4v) is 1.32. The molecule has 2 rings (SSSR count). The number of ether oxygens (including phenoxy) is 4. The largest absolute Gasteiger partial charge is 0.522 e. The summed E-state index contributed by atoms with van der Waals surface area (Å²) in [5.74, 6) is 0.00337. The van der Waals surface area contributed by atoms with Gasteiger partial charge in [0.25, 0.3) is 5.89 Å². The number of alkyl halides is 3. The lowest BCUT2D eigenvalue weighted by Crippen LogP contribution is -2.37. The van der Waals surface area contributed by atoms with E-state index in [2.05, 4.69) is 14.9 Å². The van der Waals surface area contributed by atoms with Gasteiger partial charge in [0.15, 0.2) is 0 Å². The number of aromatic nitrogens is 2. The minimum absolute atomic E-state index is 0.00337. The molecule has 0 spiro atoms. The number of nitrogens with zero attached hydrogens (tertiary/aromatic N) is 2. The lowest BCUT2D eigenvalue weighted by Gasteiger charge is -2.24. The van der Waals surface area contributed by atoms with Gasteiger partial charge in [-0.05, 0) is 0 Å². The number of rotatable bonds is 5. The van der Waals surface area contributed by atoms with Crippen molar-refractivity contribution in [2.45, 2.75) is 18.7 Å². The minimum atomic E-state index is -4.70. The van der Waals surface area contributed by atoms with E-state index in [1.165, 1.54) is 0 Å². The van der Waals surface area contributed by atoms with Crippen LogP contribution in [0.1, 0.15) is 12.2 Å². The van der Waals surface area contributed by atoms with Gasteiger partial charge < -0.3 is 24.4 Å². The van der Waals surface area contributed by atoms with Crippen molar-refractivity contribution in [1.82, 2.24) is 10.2 Å². The summed E-state index contributed by atoms with van der Waals surface area (Å²) in [5.41, 5.74) is 5.55. The molecule has 1 aliphatic heterocycles. The first-order valence-corrected chi connectivity index (χ1v) is 5.60. The molecular formula is C9H12F3N3O5. The Labute approximate surface area is 110 Å². The zero-order valence-electron chi connectivity index (χ0n) is 10.1. The molecule has 0 radical (unpaired) electrons. The molecule has 1 aromatic rings. The third kappa shape index (κ3) is 4.59. The van der Waals surface area contributed by atoms with Crippen molar-refractivity contribution in [3.8, 4) is 6.08 Å². The molecule has 0 atom stereocenters. The molecular weight excluding hydrogens is 287 g/mol. The van der Waals surface area contributed by atoms with Crippen LogP contribution < -0.4 is 10.5 Å². The Kier molecular flexibility index (Phi) is 4.75. The molecule has 1 saturated heterocycles. The average molecular weight is 299 g/mol. The molecule has 1 fully saturated rings. The molecule has 0 amide bonds. The molecule has 1 aliphatic rings. The van der Waals surface area contributed by atoms with Crippen molar-refractivity contribution < 1.29 is 36.5 Å². The van der Waals surface area contributed by atoms with Gasteiger partial charge >= 0.3 is 12.4 Å². The summed E-state index contributed by atoms with van der Waals surface area (Å²) in [6.07, 6.45) is -5.86. The second-order valence-electron chi connectivity index (χ2n) is 3.81. The van der Waals surface area contributed by atoms with Crippen LogP contribution in [-0.2, 0) is 14.2 Å². The second kappa shape index (κ2) is 6.35. The van der Waals surface area contributed by atoms with Gasteiger partial charge in [0.05, 0.1) is 25.9 Å². The van der Waals surface area contributed by atoms with Crippen LogP contribution in [0.4, 0.5) is 13.2 Å². The first kappa shape index (κ1) is 15.0. The fourth-order valence-electron chi connectivity index (χ4n) is 1.32. The molecule has 0 unspecified atom stereocenters. The summed E-state index contributed by atoms with van der Waals surface area (Å²) in [5, 5.41) is 7.07. The molecule has 11 heteroatoms. The van der Waals surface area contributed by atoms with Crippen LogP contribution in [0.5, 0.6) is 6.08 Å². The van der Waals surface area contributed by atoms with Crippen molar-refractivity contribution in [3.63, 3.8) is 0 Å². The lowest BCUT2D eigenvalue weighted by atomic mass is 10.3. The van der Waals surface area contributed by atoms with E-state index in [4.69, 9.17) is 24.4 Å². The van der Waals surface area contributed by atoms with E-state index in [9.17, 15) is 13.2 Å². The summed E-state index contributed by atoms with van der Waals surface area (Å²) in [6.45, 7) is -0.545. The minimum Gasteiger partial charge on any atom is -0.447 e. The molecule has 2 heterocycles. The van der Waals surface area contributed by atoms with E-state index in [0.29, 0.717) is 0 Å². The summed E-state index contributed by atoms with van der Waals surface area (Å²) < 4.78 is 58.8. The maximum absolute atomic E-state index is 11.7. The number of halogens is 3. The molecule has 0 aromatic carbocycles. The maximum Gasteiger partial charge on any atom is 0.522 e. The van der Waals surface area contributed by atoms with Gasteiger partial charge in [-0.2, -0.15) is 0 Å². The highest BCUT2D eigenvalue weighted by molar-refractivity contribution is 4.88. The summed E-state index contributed by atoms with van der Waals surface area (Å²) in [7, 11) is 0. The zero-order chi connectivity index (χ0) is 14.6. The van der Waals surface area contributed by atoms with Gasteiger partial charge in [0, 0.05) is 0 Å². The summed E-state index contributed by atoms with van der Waals surface area (Å²) in [6, 6.07) is -0.232. The number of hydrogen-bond donors (Lipinski definition) is 1. The van der Waals surface area contributed by atoms with E-state index in [1.807, 2.05) is 0 Å². The topological polar surface area (TPSA) is 102 Å². The highest BCUT2D eigenvalue weighted by Gasteiger charge is 2.29. The van der Waals surface area contributed by atoms with Crippen molar-refractivity contribution in [2.24, 2.45) is 5.73 Å². The van der Waals surface area contributed by atoms with Crippen LogP contribution in [0.15, 0.2) is 4.42 Å². The predicted molar refractivity (Wildman–Crippen MR) is 54.4 cm³/mol. The highest BCUT2D eigenvalue weighted by atomic mass is 19.4. The lowest BCUT2D eigenvalue weighted by molar-refractivity contribution is -0.325. The third-order valence-electron chi connectivity index (χ3n) is 2.12. The van der Waals surface area contributed by atoms with Crippen LogP contribution in [-0.4, -0.2) is 49.0 Å². The van der Waals surface area contributed by atoms with Crippen molar-refractivity contribution in [1.29, 1.82) is 0 Å². The molecule has 8 nitrogen and oxygen atoms in total. The number of hydrogen-bond acceptors (Lipinski definition) is 8. The molecule has 0 saturated carbocycles. The van der Waals surface area contributed by atoms with Crippen LogP contribution in [0.2, 0.25) is 0 Å². The Morgan fingerprint density at radius 2 is 1.90 bits per heavy atom. The molecule has 0 bridgehead atoms. The van der Waals surface area contributed by atoms with E-state index in [0.717, 1.165) is 0 Å². The highest BCUT2D eigenvalue weighted by Crippen LogP contribution is 2.23. The Bertz CT molecular complexity index is 419. The van der Waals surface area contributed by atoms with Gasteiger partial charge in [-0.1, -0.05) is 5.10 Å². The average Bonchev–Trinajstić information content (AvgIpc) is 2.83. The zero-order valence-corrected chi connectivity index (χ0v) is 10.1. The normalized spacial score (nSPS) is 23.8. The van der Waals surface area contributed by atoms with Crippen LogP contribution in [0, 0.1) is 0 Å². The van der Waals surface area contributed by atoms with Gasteiger partial charge in [0.2, 0.25) is 6.29 Å². The quantitative estimate of drug-likeness (QED) is 0.777. The smallest absolute Gasteiger partial charge is 0.447 e. The van der Waals surface area contributed by atoms with Gasteiger partial charge in [0.1, 0.15) is 6.61 Å². The molecule has 0 aliphatic carbocycles. The van der Waals surface area contributed by atoms with E-state index >= 15 is 0 Å². The second-order valence-corrected chi connectivity index (χ2v) is 3.81. The van der Waals surface area contributed by atoms with Crippen LogP contribution in [0.3, 0.4) is 0 Å². The molecule has 114 valence electrons. The van der Waals surface area contributed by atoms with Crippen molar-refractivity contribution in [2.75, 3.05) is 26.4 Å². The SMILES string of the molecule is NC1COC(c2nnc(OCCOC(F)(F)F)o2)OC1. The van der Waals surface area contributed by atoms with Crippen LogP contribution >= 0.6 is 0 Å². The van der Waals surface area contributed by atoms with E-state index < -0.39 is 25.9 Å². The summed E-state index contributed by atoms with van der Waals surface area (Å²) >= 11 is 0. The fraction of sp³-hybridized carbons (Fsp3) is 0.778. The molecule has 20 heavy (non-hydrogen) atoms. The van der Waals surface area contributed by atoms with E-state index in [1.54, 1.807) is 0 Å². The maximum atomic E-state index is 11.7. The Morgan fingerprint density at radius 3 is 2.55 bits per heavy atom. The molecule has 2 N–H and O–H groups in total. The third-order valence-corrected chi connectivity index (χ3v) is 2.12. The molecule has 1 aromatic heterocycles. The monoisotopic (exact) mass is 299 g/mol. The van der Waals surface area contributed by atoms with Crippen LogP contribution in [0.25, 0.3) is 0 Å². The summed E-state index contributed by atoms with van der Waals surface area (Å²) in [4.78, 5) is 0. The first-order chi connectivity index (χ1) is 9.44. The number of nitrogens with two attached hydrogens (primary N) is 1. The first-order valence-electron chi connectivity index (χ1n) is 5.60. The Morgan fingerprint density at radius 1 is 1.20 bits per heavy atom. The predicted octanol–water partition coefficient (Wildman–Crippen LogP) is 0.357. The standard InChI is InChI=1S/C9H12F3N3O5/c10-9(11,12)19-2-1-16-8-15-14-6(20-8)7-17-3-5(13)4-18-7/h5,7H,1-4,13H2. The van der Waals surface area contributed by atoms with Gasteiger partial charge in [-0.25, -0.2) is 0 Å². The van der Waals surface area contributed by atoms with Crippen molar-refractivity contribution >= 4 is 0 Å². The Balaban J connectivity index is 1.75.